The van der Waals surface area contributed by atoms with Gasteiger partial charge < -0.3 is 24.2 Å². The molecular weight excluding hydrogens is 466 g/mol. The largest absolute Gasteiger partial charge is 0.497 e. The minimum atomic E-state index is -1.20. The first kappa shape index (κ1) is 26.3. The van der Waals surface area contributed by atoms with Crippen molar-refractivity contribution in [1.82, 2.24) is 14.5 Å². The number of hydrogen-bond donors (Lipinski definition) is 1. The molecule has 10 nitrogen and oxygen atoms in total. The van der Waals surface area contributed by atoms with E-state index in [-0.39, 0.29) is 12.4 Å². The molecule has 1 aromatic heterocycles. The number of ether oxygens (including phenoxy) is 3. The van der Waals surface area contributed by atoms with Crippen LogP contribution in [0.3, 0.4) is 0 Å². The number of benzene rings is 2. The van der Waals surface area contributed by atoms with Crippen LogP contribution in [0.1, 0.15) is 48.4 Å². The van der Waals surface area contributed by atoms with Gasteiger partial charge in [-0.2, -0.15) is 0 Å². The Balaban J connectivity index is 1.83. The van der Waals surface area contributed by atoms with Crippen molar-refractivity contribution in [2.24, 2.45) is 0 Å². The van der Waals surface area contributed by atoms with Crippen LogP contribution in [0.2, 0.25) is 0 Å². The van der Waals surface area contributed by atoms with Gasteiger partial charge in [0.05, 0.1) is 18.6 Å². The van der Waals surface area contributed by atoms with Crippen molar-refractivity contribution in [3.8, 4) is 11.5 Å². The number of likely N-dealkylation sites (N-methyl/N-ethyl adjacent to an activating group) is 1. The Hall–Kier alpha value is -4.34. The van der Waals surface area contributed by atoms with E-state index >= 15 is 0 Å². The lowest BCUT2D eigenvalue weighted by Gasteiger charge is -2.27. The highest BCUT2D eigenvalue weighted by molar-refractivity contribution is 5.91. The summed E-state index contributed by atoms with van der Waals surface area (Å²) in [5.41, 5.74) is 0.346. The second-order valence-electron chi connectivity index (χ2n) is 9.04. The average molecular weight is 496 g/mol. The minimum Gasteiger partial charge on any atom is -0.497 e. The van der Waals surface area contributed by atoms with Crippen LogP contribution in [0.15, 0.2) is 60.9 Å². The van der Waals surface area contributed by atoms with Gasteiger partial charge in [-0.25, -0.2) is 23.9 Å². The van der Waals surface area contributed by atoms with Crippen LogP contribution in [0, 0.1) is 0 Å². The summed E-state index contributed by atoms with van der Waals surface area (Å²) in [5.74, 6) is 0.0345. The zero-order valence-corrected chi connectivity index (χ0v) is 20.8. The maximum absolute atomic E-state index is 12.6. The number of hydrogen-bond acceptors (Lipinski definition) is 7. The monoisotopic (exact) mass is 495 g/mol. The molecule has 0 aliphatic rings. The normalized spacial score (nSPS) is 11.9. The molecule has 0 bridgehead atoms. The average Bonchev–Trinajstić information content (AvgIpc) is 3.32. The van der Waals surface area contributed by atoms with E-state index in [1.807, 2.05) is 0 Å². The fourth-order valence-corrected chi connectivity index (χ4v) is 3.42. The molecule has 0 saturated carbocycles. The van der Waals surface area contributed by atoms with Gasteiger partial charge in [-0.05, 0) is 62.7 Å². The molecule has 1 unspecified atom stereocenters. The van der Waals surface area contributed by atoms with E-state index in [2.05, 4.69) is 4.98 Å². The van der Waals surface area contributed by atoms with Crippen molar-refractivity contribution >= 4 is 18.2 Å². The van der Waals surface area contributed by atoms with Crippen molar-refractivity contribution in [3.63, 3.8) is 0 Å². The zero-order valence-electron chi connectivity index (χ0n) is 20.8. The highest BCUT2D eigenvalue weighted by Crippen LogP contribution is 2.27. The lowest BCUT2D eigenvalue weighted by Crippen LogP contribution is -2.37. The summed E-state index contributed by atoms with van der Waals surface area (Å²) in [6.07, 6.45) is 0.973. The van der Waals surface area contributed by atoms with E-state index in [1.165, 1.54) is 24.4 Å². The quantitative estimate of drug-likeness (QED) is 0.372. The number of nitrogens with zero attached hydrogens (tertiary/aromatic N) is 3. The fraction of sp³-hybridized carbons (Fsp3) is 0.308. The standard InChI is InChI=1S/C26H29N3O7/c1-26(2,3)36-25(33)28(4)16-21(22-27-14-15-29(22)24(31)32)17-6-12-20(13-7-17)35-23(30)18-8-10-19(34-5)11-9-18/h6-15,21H,16H2,1-5H3,(H,31,32). The van der Waals surface area contributed by atoms with Crippen molar-refractivity contribution in [1.29, 1.82) is 0 Å². The van der Waals surface area contributed by atoms with Crippen molar-refractivity contribution in [2.75, 3.05) is 20.7 Å². The Morgan fingerprint density at radius 1 is 1.03 bits per heavy atom. The molecule has 0 saturated heterocycles. The Morgan fingerprint density at radius 3 is 2.19 bits per heavy atom. The maximum atomic E-state index is 12.6. The van der Waals surface area contributed by atoms with Crippen LogP contribution in [-0.2, 0) is 4.74 Å². The van der Waals surface area contributed by atoms with E-state index in [0.717, 1.165) is 4.57 Å². The highest BCUT2D eigenvalue weighted by Gasteiger charge is 2.27. The molecule has 2 aromatic carbocycles. The Morgan fingerprint density at radius 2 is 1.64 bits per heavy atom. The molecule has 0 spiro atoms. The molecule has 1 N–H and O–H groups in total. The van der Waals surface area contributed by atoms with Gasteiger partial charge in [0.25, 0.3) is 0 Å². The molecule has 1 atom stereocenters. The SMILES string of the molecule is COc1ccc(C(=O)Oc2ccc(C(CN(C)C(=O)OC(C)(C)C)c3nccn3C(=O)O)cc2)cc1. The van der Waals surface area contributed by atoms with Gasteiger partial charge >= 0.3 is 18.2 Å². The van der Waals surface area contributed by atoms with Crippen LogP contribution in [0.5, 0.6) is 11.5 Å². The molecule has 10 heteroatoms. The molecule has 3 rings (SSSR count). The summed E-state index contributed by atoms with van der Waals surface area (Å²) in [5, 5.41) is 9.58. The number of imidazole rings is 1. The third-order valence-electron chi connectivity index (χ3n) is 5.17. The number of carboxylic acid groups (broad SMARTS) is 1. The molecule has 0 fully saturated rings. The Kier molecular flexibility index (Phi) is 7.98. The molecule has 36 heavy (non-hydrogen) atoms. The Labute approximate surface area is 209 Å². The van der Waals surface area contributed by atoms with Gasteiger partial charge in [0.1, 0.15) is 22.9 Å². The number of rotatable bonds is 7. The molecular formula is C26H29N3O7. The lowest BCUT2D eigenvalue weighted by molar-refractivity contribution is 0.0292. The van der Waals surface area contributed by atoms with E-state index in [9.17, 15) is 19.5 Å². The summed E-state index contributed by atoms with van der Waals surface area (Å²) in [6.45, 7) is 5.39. The number of methoxy groups -OCH3 is 1. The van der Waals surface area contributed by atoms with E-state index in [0.29, 0.717) is 22.6 Å². The third kappa shape index (κ3) is 6.62. The van der Waals surface area contributed by atoms with Crippen LogP contribution < -0.4 is 9.47 Å². The second-order valence-corrected chi connectivity index (χ2v) is 9.04. The molecule has 1 heterocycles. The minimum absolute atomic E-state index is 0.101. The summed E-state index contributed by atoms with van der Waals surface area (Å²) >= 11 is 0. The van der Waals surface area contributed by atoms with Crippen molar-refractivity contribution < 1.29 is 33.7 Å². The van der Waals surface area contributed by atoms with Crippen LogP contribution in [0.4, 0.5) is 9.59 Å². The van der Waals surface area contributed by atoms with Crippen molar-refractivity contribution in [3.05, 3.63) is 77.9 Å². The predicted molar refractivity (Wildman–Crippen MR) is 131 cm³/mol. The third-order valence-corrected chi connectivity index (χ3v) is 5.17. The van der Waals surface area contributed by atoms with Gasteiger partial charge in [0.2, 0.25) is 0 Å². The second kappa shape index (κ2) is 10.9. The van der Waals surface area contributed by atoms with Gasteiger partial charge in [-0.3, -0.25) is 0 Å². The van der Waals surface area contributed by atoms with Crippen LogP contribution >= 0.6 is 0 Å². The number of aromatic nitrogens is 2. The summed E-state index contributed by atoms with van der Waals surface area (Å²) in [4.78, 5) is 42.4. The fourth-order valence-electron chi connectivity index (χ4n) is 3.42. The number of amides is 1. The number of esters is 1. The van der Waals surface area contributed by atoms with Crippen LogP contribution in [-0.4, -0.2) is 64.0 Å². The zero-order chi connectivity index (χ0) is 26.5. The van der Waals surface area contributed by atoms with E-state index < -0.39 is 29.7 Å². The van der Waals surface area contributed by atoms with E-state index in [1.54, 1.807) is 76.3 Å². The first-order valence-corrected chi connectivity index (χ1v) is 11.2. The summed E-state index contributed by atoms with van der Waals surface area (Å²) in [7, 11) is 3.11. The molecule has 0 aliphatic carbocycles. The van der Waals surface area contributed by atoms with Crippen molar-refractivity contribution in [2.45, 2.75) is 32.3 Å². The highest BCUT2D eigenvalue weighted by atomic mass is 16.6. The molecule has 1 amide bonds. The molecule has 0 aliphatic heterocycles. The number of carbonyl (C=O) groups is 3. The maximum Gasteiger partial charge on any atom is 0.417 e. The molecule has 3 aromatic rings. The summed E-state index contributed by atoms with van der Waals surface area (Å²) in [6, 6.07) is 13.1. The van der Waals surface area contributed by atoms with Crippen LogP contribution in [0.25, 0.3) is 0 Å². The van der Waals surface area contributed by atoms with Gasteiger partial charge in [0, 0.05) is 26.0 Å². The number of carbonyl (C=O) groups excluding carboxylic acids is 2. The van der Waals surface area contributed by atoms with Gasteiger partial charge in [-0.15, -0.1) is 0 Å². The van der Waals surface area contributed by atoms with Gasteiger partial charge in [-0.1, -0.05) is 12.1 Å². The first-order chi connectivity index (χ1) is 17.0. The van der Waals surface area contributed by atoms with E-state index in [4.69, 9.17) is 14.2 Å². The smallest absolute Gasteiger partial charge is 0.417 e. The Bertz CT molecular complexity index is 1210. The molecule has 0 radical (unpaired) electrons. The molecule has 190 valence electrons. The van der Waals surface area contributed by atoms with Gasteiger partial charge in [0.15, 0.2) is 0 Å². The summed E-state index contributed by atoms with van der Waals surface area (Å²) < 4.78 is 17.0. The first-order valence-electron chi connectivity index (χ1n) is 11.2. The predicted octanol–water partition coefficient (Wildman–Crippen LogP) is 4.64. The lowest BCUT2D eigenvalue weighted by atomic mass is 9.97. The topological polar surface area (TPSA) is 120 Å².